The highest BCUT2D eigenvalue weighted by Crippen LogP contribution is 2.42. The van der Waals surface area contributed by atoms with Gasteiger partial charge in [0.2, 0.25) is 12.9 Å². The smallest absolute Gasteiger partial charge is 0.430 e. The number of esters is 1. The molecule has 1 aromatic rings. The Morgan fingerprint density at radius 1 is 1.23 bits per heavy atom. The van der Waals surface area contributed by atoms with Crippen LogP contribution in [0.4, 0.5) is 13.2 Å². The van der Waals surface area contributed by atoms with Crippen molar-refractivity contribution in [3.8, 4) is 5.75 Å². The number of rotatable bonds is 11. The molecule has 0 aromatic heterocycles. The van der Waals surface area contributed by atoms with E-state index in [4.69, 9.17) is 31.0 Å². The molecule has 0 amide bonds. The number of hydrazine groups is 2. The van der Waals surface area contributed by atoms with Crippen molar-refractivity contribution in [3.05, 3.63) is 33.9 Å². The largest absolute Gasteiger partial charge is 0.475 e. The average Bonchev–Trinajstić information content (AvgIpc) is 2.76. The van der Waals surface area contributed by atoms with E-state index < -0.39 is 36.0 Å². The molecule has 0 radical (unpaired) electrons. The maximum atomic E-state index is 13.7. The summed E-state index contributed by atoms with van der Waals surface area (Å²) in [4.78, 5) is 17.2. The number of aliphatic hydroxyl groups is 1. The molecule has 0 spiro atoms. The molecule has 1 aliphatic heterocycles. The summed E-state index contributed by atoms with van der Waals surface area (Å²) in [7, 11) is 1.53. The number of aliphatic hydroxyl groups excluding tert-OH is 1. The van der Waals surface area contributed by atoms with Crippen LogP contribution in [0.1, 0.15) is 51.2 Å². The molecule has 9 nitrogen and oxygen atoms in total. The predicted octanol–water partition coefficient (Wildman–Crippen LogP) is 3.98. The van der Waals surface area contributed by atoms with Crippen LogP contribution < -0.4 is 10.3 Å². The number of nitrogens with zero attached hydrogens (tertiary/aromatic N) is 2. The Hall–Kier alpha value is -1.93. The molecular formula is C22H31ClF3N3O6. The lowest BCUT2D eigenvalue weighted by atomic mass is 9.85. The van der Waals surface area contributed by atoms with Crippen LogP contribution in [0.25, 0.3) is 6.08 Å². The molecule has 0 aliphatic carbocycles. The molecule has 0 saturated heterocycles. The minimum atomic E-state index is -4.89. The van der Waals surface area contributed by atoms with Gasteiger partial charge in [0, 0.05) is 30.8 Å². The van der Waals surface area contributed by atoms with Gasteiger partial charge in [-0.25, -0.2) is 14.6 Å². The summed E-state index contributed by atoms with van der Waals surface area (Å²) >= 11 is 6.31. The zero-order valence-corrected chi connectivity index (χ0v) is 20.7. The summed E-state index contributed by atoms with van der Waals surface area (Å²) in [6, 6.07) is 2.88. The zero-order chi connectivity index (χ0) is 26.4. The number of fused-ring (bicyclic) bond motifs is 1. The van der Waals surface area contributed by atoms with Crippen molar-refractivity contribution in [3.63, 3.8) is 0 Å². The minimum absolute atomic E-state index is 0.0472. The van der Waals surface area contributed by atoms with E-state index in [1.54, 1.807) is 0 Å². The van der Waals surface area contributed by atoms with E-state index >= 15 is 0 Å². The van der Waals surface area contributed by atoms with Crippen LogP contribution >= 0.6 is 11.6 Å². The minimum Gasteiger partial charge on any atom is -0.475 e. The molecule has 0 fully saturated rings. The number of unbranched alkanes of at least 4 members (excludes halogenated alkanes) is 2. The molecule has 3 N–H and O–H groups in total. The zero-order valence-electron chi connectivity index (χ0n) is 20.0. The summed E-state index contributed by atoms with van der Waals surface area (Å²) in [5.41, 5.74) is 1.66. The first kappa shape index (κ1) is 29.3. The number of carbonyl (C=O) groups is 1. The van der Waals surface area contributed by atoms with Gasteiger partial charge in [0.15, 0.2) is 0 Å². The van der Waals surface area contributed by atoms with Crippen molar-refractivity contribution in [2.24, 2.45) is 0 Å². The highest BCUT2D eigenvalue weighted by molar-refractivity contribution is 6.31. The normalized spacial score (nSPS) is 16.2. The van der Waals surface area contributed by atoms with Gasteiger partial charge in [-0.2, -0.15) is 13.2 Å². The number of nitrogens with one attached hydrogen (secondary N) is 1. The molecule has 198 valence electrons. The van der Waals surface area contributed by atoms with Gasteiger partial charge in [-0.15, -0.1) is 0 Å². The predicted molar refractivity (Wildman–Crippen MR) is 121 cm³/mol. The Kier molecular flexibility index (Phi) is 10.3. The third kappa shape index (κ3) is 8.31. The van der Waals surface area contributed by atoms with E-state index in [0.29, 0.717) is 35.3 Å². The van der Waals surface area contributed by atoms with E-state index in [-0.39, 0.29) is 17.9 Å². The van der Waals surface area contributed by atoms with Gasteiger partial charge in [-0.05, 0) is 53.7 Å². The number of hydrogen-bond donors (Lipinski definition) is 3. The van der Waals surface area contributed by atoms with Crippen molar-refractivity contribution >= 4 is 23.6 Å². The van der Waals surface area contributed by atoms with Crippen LogP contribution in [-0.4, -0.2) is 65.8 Å². The Labute approximate surface area is 206 Å². The van der Waals surface area contributed by atoms with Crippen molar-refractivity contribution < 1.29 is 42.6 Å². The molecule has 0 bridgehead atoms. The molecule has 0 unspecified atom stereocenters. The number of halogens is 4. The van der Waals surface area contributed by atoms with E-state index in [9.17, 15) is 23.2 Å². The van der Waals surface area contributed by atoms with Crippen molar-refractivity contribution in [2.75, 3.05) is 27.0 Å². The molecule has 0 saturated carbocycles. The number of ether oxygens (including phenoxy) is 2. The average molecular weight is 526 g/mol. The van der Waals surface area contributed by atoms with Gasteiger partial charge >= 0.3 is 12.1 Å². The Morgan fingerprint density at radius 2 is 1.91 bits per heavy atom. The molecule has 2 rings (SSSR count). The van der Waals surface area contributed by atoms with Gasteiger partial charge in [0.25, 0.3) is 0 Å². The van der Waals surface area contributed by atoms with E-state index in [2.05, 4.69) is 5.59 Å². The van der Waals surface area contributed by atoms with Crippen LogP contribution in [-0.2, 0) is 19.8 Å². The van der Waals surface area contributed by atoms with Crippen molar-refractivity contribution in [1.82, 2.24) is 15.9 Å². The molecule has 1 aliphatic rings. The molecule has 1 aromatic carbocycles. The fourth-order valence-corrected chi connectivity index (χ4v) is 3.70. The van der Waals surface area contributed by atoms with E-state index in [1.807, 2.05) is 20.8 Å². The first-order valence-corrected chi connectivity index (χ1v) is 11.3. The maximum absolute atomic E-state index is 13.7. The van der Waals surface area contributed by atoms with Gasteiger partial charge in [0.05, 0.1) is 5.57 Å². The van der Waals surface area contributed by atoms with Gasteiger partial charge in [0.1, 0.15) is 5.75 Å². The lowest BCUT2D eigenvalue weighted by molar-refractivity contribution is -0.347. The topological polar surface area (TPSA) is 104 Å². The summed E-state index contributed by atoms with van der Waals surface area (Å²) in [6.07, 6.45) is -4.33. The van der Waals surface area contributed by atoms with E-state index in [1.165, 1.54) is 24.2 Å². The summed E-state index contributed by atoms with van der Waals surface area (Å²) in [6.45, 7) is 5.28. The van der Waals surface area contributed by atoms with Crippen LogP contribution in [0, 0.1) is 0 Å². The second-order valence-corrected chi connectivity index (χ2v) is 9.41. The van der Waals surface area contributed by atoms with Crippen LogP contribution in [0.3, 0.4) is 0 Å². The second-order valence-electron chi connectivity index (χ2n) is 9.00. The number of alkyl halides is 3. The first-order valence-electron chi connectivity index (χ1n) is 10.9. The quantitative estimate of drug-likeness (QED) is 0.171. The monoisotopic (exact) mass is 525 g/mol. The van der Waals surface area contributed by atoms with Crippen LogP contribution in [0.5, 0.6) is 5.75 Å². The Morgan fingerprint density at radius 3 is 2.51 bits per heavy atom. The van der Waals surface area contributed by atoms with Crippen LogP contribution in [0.2, 0.25) is 5.02 Å². The highest BCUT2D eigenvalue weighted by Gasteiger charge is 2.49. The van der Waals surface area contributed by atoms with E-state index in [0.717, 1.165) is 12.5 Å². The lowest BCUT2D eigenvalue weighted by Gasteiger charge is -2.30. The summed E-state index contributed by atoms with van der Waals surface area (Å²) in [5, 5.41) is 20.7. The van der Waals surface area contributed by atoms with Gasteiger partial charge in [-0.3, -0.25) is 5.21 Å². The standard InChI is InChI=1S/C22H31ClF3N3O6/c1-21(2,3)16-12-18-14(11-17(16)23)10-15(19(35-18)22(24,25)26)20(31)33-13-34-27-29(32)28(4)8-6-5-7-9-30/h10-12,19,27,30,32H,5-9,13H2,1-4H3/t19-/m0/s1. The second kappa shape index (κ2) is 12.3. The molecule has 13 heteroatoms. The van der Waals surface area contributed by atoms with Crippen molar-refractivity contribution in [2.45, 2.75) is 57.7 Å². The fraction of sp³-hybridized carbons (Fsp3) is 0.591. The fourth-order valence-electron chi connectivity index (χ4n) is 3.25. The van der Waals surface area contributed by atoms with Crippen LogP contribution in [0.15, 0.2) is 17.7 Å². The first-order chi connectivity index (χ1) is 16.3. The number of hydrogen-bond acceptors (Lipinski definition) is 9. The third-order valence-corrected chi connectivity index (χ3v) is 5.45. The highest BCUT2D eigenvalue weighted by atomic mass is 35.5. The molecular weight excluding hydrogens is 495 g/mol. The van der Waals surface area contributed by atoms with Crippen molar-refractivity contribution in [1.29, 1.82) is 0 Å². The summed E-state index contributed by atoms with van der Waals surface area (Å²) in [5.74, 6) is -1.35. The lowest BCUT2D eigenvalue weighted by Crippen LogP contribution is -2.47. The Balaban J connectivity index is 2.04. The number of carbonyl (C=O) groups excluding carboxylic acids is 1. The number of benzene rings is 1. The molecule has 1 atom stereocenters. The molecule has 35 heavy (non-hydrogen) atoms. The third-order valence-electron chi connectivity index (χ3n) is 5.14. The Bertz CT molecular complexity index is 908. The SMILES string of the molecule is CN(CCCCCO)N(O)NOCOC(=O)C1=Cc2cc(Cl)c(C(C)(C)C)cc2O[C@@H]1C(F)(F)F. The van der Waals surface area contributed by atoms with Gasteiger partial charge < -0.3 is 14.6 Å². The maximum Gasteiger partial charge on any atom is 0.430 e. The molecule has 1 heterocycles. The summed E-state index contributed by atoms with van der Waals surface area (Å²) < 4.78 is 51.0. The van der Waals surface area contributed by atoms with Gasteiger partial charge in [-0.1, -0.05) is 38.0 Å².